The quantitative estimate of drug-likeness (QED) is 0.811. The number of hydrogen-bond donors (Lipinski definition) is 2. The van der Waals surface area contributed by atoms with E-state index in [2.05, 4.69) is 5.32 Å². The Hall–Kier alpha value is -1.89. The molecule has 2 N–H and O–H groups in total. The summed E-state index contributed by atoms with van der Waals surface area (Å²) in [6, 6.07) is 6.95. The molecule has 0 radical (unpaired) electrons. The van der Waals surface area contributed by atoms with Crippen LogP contribution in [-0.4, -0.2) is 31.7 Å². The van der Waals surface area contributed by atoms with Gasteiger partial charge in [0, 0.05) is 12.8 Å². The van der Waals surface area contributed by atoms with Gasteiger partial charge in [0.05, 0.1) is 17.6 Å². The van der Waals surface area contributed by atoms with Crippen molar-refractivity contribution in [3.63, 3.8) is 0 Å². The zero-order valence-electron chi connectivity index (χ0n) is 12.3. The molecule has 7 heteroatoms. The summed E-state index contributed by atoms with van der Waals surface area (Å²) in [5.41, 5.74) is 1.54. The Morgan fingerprint density at radius 1 is 1.14 bits per heavy atom. The lowest BCUT2D eigenvalue weighted by Gasteiger charge is -2.31. The summed E-state index contributed by atoms with van der Waals surface area (Å²) >= 11 is 0. The highest BCUT2D eigenvalue weighted by Gasteiger charge is 2.41. The molecule has 1 saturated carbocycles. The summed E-state index contributed by atoms with van der Waals surface area (Å²) in [4.78, 5) is 22.8. The van der Waals surface area contributed by atoms with Crippen LogP contribution in [0.2, 0.25) is 0 Å². The van der Waals surface area contributed by atoms with Crippen LogP contribution < -0.4 is 5.32 Å². The lowest BCUT2D eigenvalue weighted by Crippen LogP contribution is -2.43. The molecule has 1 aliphatic carbocycles. The molecule has 1 aliphatic rings. The maximum Gasteiger partial charge on any atom is 0.307 e. The summed E-state index contributed by atoms with van der Waals surface area (Å²) in [7, 11) is -3.06. The van der Waals surface area contributed by atoms with Crippen LogP contribution in [0.4, 0.5) is 0 Å². The van der Waals surface area contributed by atoms with Crippen molar-refractivity contribution in [2.24, 2.45) is 11.8 Å². The lowest BCUT2D eigenvalue weighted by atomic mass is 9.73. The Balaban J connectivity index is 1.87. The average molecular weight is 325 g/mol. The Bertz CT molecular complexity index is 666. The van der Waals surface area contributed by atoms with E-state index >= 15 is 0 Å². The van der Waals surface area contributed by atoms with E-state index in [1.165, 1.54) is 6.26 Å². The third-order valence-corrected chi connectivity index (χ3v) is 4.70. The topological polar surface area (TPSA) is 101 Å². The lowest BCUT2D eigenvalue weighted by molar-refractivity contribution is -0.152. The van der Waals surface area contributed by atoms with Gasteiger partial charge in [-0.05, 0) is 24.0 Å². The highest BCUT2D eigenvalue weighted by atomic mass is 32.2. The molecule has 22 heavy (non-hydrogen) atoms. The van der Waals surface area contributed by atoms with E-state index in [0.717, 1.165) is 5.56 Å². The number of rotatable bonds is 6. The Morgan fingerprint density at radius 3 is 2.14 bits per heavy atom. The molecule has 2 rings (SSSR count). The third kappa shape index (κ3) is 4.30. The van der Waals surface area contributed by atoms with Crippen molar-refractivity contribution in [3.8, 4) is 0 Å². The molecule has 1 aromatic rings. The summed E-state index contributed by atoms with van der Waals surface area (Å²) in [6.07, 6.45) is 2.34. The molecular weight excluding hydrogens is 306 g/mol. The average Bonchev–Trinajstić information content (AvgIpc) is 2.34. The first-order chi connectivity index (χ1) is 10.3. The maximum absolute atomic E-state index is 11.9. The van der Waals surface area contributed by atoms with Gasteiger partial charge in [-0.25, -0.2) is 8.42 Å². The molecule has 0 aliphatic heterocycles. The van der Waals surface area contributed by atoms with Gasteiger partial charge in [-0.1, -0.05) is 24.3 Å². The number of carbonyl (C=O) groups excluding carboxylic acids is 1. The van der Waals surface area contributed by atoms with Crippen molar-refractivity contribution in [3.05, 3.63) is 35.4 Å². The number of hydrogen-bond acceptors (Lipinski definition) is 4. The number of carboxylic acid groups (broad SMARTS) is 1. The number of nitrogens with one attached hydrogen (secondary N) is 1. The molecule has 0 saturated heterocycles. The summed E-state index contributed by atoms with van der Waals surface area (Å²) in [5.74, 6) is -2.18. The molecular formula is C15H19NO5S. The molecule has 0 spiro atoms. The molecule has 2 unspecified atom stereocenters. The minimum Gasteiger partial charge on any atom is -0.481 e. The number of carboxylic acids is 1. The second-order valence-electron chi connectivity index (χ2n) is 5.73. The minimum atomic E-state index is -3.06. The molecule has 0 heterocycles. The van der Waals surface area contributed by atoms with Crippen LogP contribution >= 0.6 is 0 Å². The van der Waals surface area contributed by atoms with Crippen molar-refractivity contribution >= 4 is 21.7 Å². The van der Waals surface area contributed by atoms with Gasteiger partial charge in [-0.2, -0.15) is 0 Å². The van der Waals surface area contributed by atoms with Gasteiger partial charge in [0.15, 0.2) is 9.84 Å². The van der Waals surface area contributed by atoms with Crippen LogP contribution in [0.5, 0.6) is 0 Å². The highest BCUT2D eigenvalue weighted by molar-refractivity contribution is 7.89. The predicted octanol–water partition coefficient (Wildman–Crippen LogP) is 0.958. The Kier molecular flexibility index (Phi) is 4.85. The van der Waals surface area contributed by atoms with E-state index in [1.54, 1.807) is 24.3 Å². The third-order valence-electron chi connectivity index (χ3n) is 3.85. The van der Waals surface area contributed by atoms with Gasteiger partial charge in [0.25, 0.3) is 0 Å². The van der Waals surface area contributed by atoms with Crippen LogP contribution in [0.15, 0.2) is 24.3 Å². The Morgan fingerprint density at radius 2 is 1.68 bits per heavy atom. The monoisotopic (exact) mass is 325 g/mol. The molecule has 120 valence electrons. The van der Waals surface area contributed by atoms with Gasteiger partial charge < -0.3 is 10.4 Å². The molecule has 1 fully saturated rings. The van der Waals surface area contributed by atoms with Crippen LogP contribution in [0.25, 0.3) is 0 Å². The normalized spacial score (nSPS) is 21.0. The van der Waals surface area contributed by atoms with Crippen LogP contribution in [0.3, 0.4) is 0 Å². The summed E-state index contributed by atoms with van der Waals surface area (Å²) in [6.45, 7) is 0.306. The molecule has 0 aromatic heterocycles. The van der Waals surface area contributed by atoms with Crippen molar-refractivity contribution in [2.45, 2.75) is 25.1 Å². The molecule has 2 atom stereocenters. The van der Waals surface area contributed by atoms with Gasteiger partial charge in [0.2, 0.25) is 5.91 Å². The van der Waals surface area contributed by atoms with Crippen molar-refractivity contribution < 1.29 is 23.1 Å². The fourth-order valence-corrected chi connectivity index (χ4v) is 3.28. The van der Waals surface area contributed by atoms with E-state index in [4.69, 9.17) is 5.11 Å². The van der Waals surface area contributed by atoms with Gasteiger partial charge >= 0.3 is 5.97 Å². The number of sulfone groups is 1. The fourth-order valence-electron chi connectivity index (χ4n) is 2.49. The number of benzene rings is 1. The minimum absolute atomic E-state index is 0.0119. The number of aliphatic carboxylic acids is 1. The summed E-state index contributed by atoms with van der Waals surface area (Å²) < 4.78 is 22.4. The van der Waals surface area contributed by atoms with Crippen molar-refractivity contribution in [2.75, 3.05) is 6.26 Å². The largest absolute Gasteiger partial charge is 0.481 e. The first-order valence-corrected chi connectivity index (χ1v) is 9.08. The maximum atomic E-state index is 11.9. The Labute approximate surface area is 129 Å². The zero-order chi connectivity index (χ0) is 16.3. The second-order valence-corrected chi connectivity index (χ2v) is 7.87. The molecule has 1 amide bonds. The second kappa shape index (κ2) is 6.48. The highest BCUT2D eigenvalue weighted by Crippen LogP contribution is 2.34. The van der Waals surface area contributed by atoms with E-state index in [1.807, 2.05) is 0 Å². The number of carbonyl (C=O) groups is 2. The zero-order valence-corrected chi connectivity index (χ0v) is 13.1. The van der Waals surface area contributed by atoms with Crippen LogP contribution in [-0.2, 0) is 31.7 Å². The predicted molar refractivity (Wildman–Crippen MR) is 80.7 cm³/mol. The van der Waals surface area contributed by atoms with E-state index < -0.39 is 27.6 Å². The molecule has 1 aromatic carbocycles. The van der Waals surface area contributed by atoms with Crippen LogP contribution in [0, 0.1) is 11.8 Å². The van der Waals surface area contributed by atoms with Gasteiger partial charge in [0.1, 0.15) is 0 Å². The number of amides is 1. The first kappa shape index (κ1) is 16.5. The van der Waals surface area contributed by atoms with E-state index in [0.29, 0.717) is 24.9 Å². The summed E-state index contributed by atoms with van der Waals surface area (Å²) in [5, 5.41) is 11.7. The van der Waals surface area contributed by atoms with Gasteiger partial charge in [-0.3, -0.25) is 9.59 Å². The van der Waals surface area contributed by atoms with E-state index in [9.17, 15) is 18.0 Å². The van der Waals surface area contributed by atoms with Gasteiger partial charge in [-0.15, -0.1) is 0 Å². The smallest absolute Gasteiger partial charge is 0.307 e. The van der Waals surface area contributed by atoms with E-state index in [-0.39, 0.29) is 11.7 Å². The molecule has 0 bridgehead atoms. The molecule has 6 nitrogen and oxygen atoms in total. The fraction of sp³-hybridized carbons (Fsp3) is 0.467. The van der Waals surface area contributed by atoms with Crippen molar-refractivity contribution in [1.82, 2.24) is 5.32 Å². The van der Waals surface area contributed by atoms with Crippen molar-refractivity contribution in [1.29, 1.82) is 0 Å². The standard InChI is InChI=1S/C15H19NO5S/c1-22(20,21)9-11-4-2-10(3-5-11)8-16-14(17)12-6-7-13(12)15(18)19/h2-5,12-13H,6-9H2,1H3,(H,16,17)(H,18,19). The SMILES string of the molecule is CS(=O)(=O)Cc1ccc(CNC(=O)C2CCC2C(=O)O)cc1. The first-order valence-electron chi connectivity index (χ1n) is 7.02. The van der Waals surface area contributed by atoms with Crippen LogP contribution in [0.1, 0.15) is 24.0 Å².